The standard InChI is InChI=1S/C17H26N2/c1-2-18-11-17(14-7-4-3-5-8-14)19-12-15-9-6-10-16(15)13-19/h3-5,7-8,15-18H,2,6,9-13H2,1H3. The smallest absolute Gasteiger partial charge is 0.0472 e. The summed E-state index contributed by atoms with van der Waals surface area (Å²) in [4.78, 5) is 2.73. The second-order valence-corrected chi connectivity index (χ2v) is 6.14. The van der Waals surface area contributed by atoms with E-state index in [9.17, 15) is 0 Å². The van der Waals surface area contributed by atoms with E-state index in [4.69, 9.17) is 0 Å². The van der Waals surface area contributed by atoms with Crippen LogP contribution in [-0.4, -0.2) is 31.1 Å². The van der Waals surface area contributed by atoms with Crippen LogP contribution >= 0.6 is 0 Å². The normalized spacial score (nSPS) is 28.5. The number of rotatable bonds is 5. The number of fused-ring (bicyclic) bond motifs is 1. The van der Waals surface area contributed by atoms with Gasteiger partial charge in [-0.05, 0) is 36.8 Å². The summed E-state index contributed by atoms with van der Waals surface area (Å²) in [7, 11) is 0. The van der Waals surface area contributed by atoms with Crippen molar-refractivity contribution in [1.29, 1.82) is 0 Å². The van der Waals surface area contributed by atoms with Crippen molar-refractivity contribution in [1.82, 2.24) is 10.2 Å². The largest absolute Gasteiger partial charge is 0.315 e. The van der Waals surface area contributed by atoms with Crippen LogP contribution in [0.25, 0.3) is 0 Å². The summed E-state index contributed by atoms with van der Waals surface area (Å²) < 4.78 is 0. The van der Waals surface area contributed by atoms with E-state index in [1.807, 2.05) is 0 Å². The zero-order valence-corrected chi connectivity index (χ0v) is 12.0. The number of hydrogen-bond acceptors (Lipinski definition) is 2. The fourth-order valence-corrected chi connectivity index (χ4v) is 3.94. The van der Waals surface area contributed by atoms with Gasteiger partial charge in [0.15, 0.2) is 0 Å². The van der Waals surface area contributed by atoms with Crippen LogP contribution in [0.15, 0.2) is 30.3 Å². The summed E-state index contributed by atoms with van der Waals surface area (Å²) in [5.74, 6) is 1.96. The lowest BCUT2D eigenvalue weighted by Crippen LogP contribution is -2.35. The van der Waals surface area contributed by atoms with Crippen LogP contribution in [0.5, 0.6) is 0 Å². The van der Waals surface area contributed by atoms with Crippen LogP contribution in [0, 0.1) is 11.8 Å². The summed E-state index contributed by atoms with van der Waals surface area (Å²) in [5.41, 5.74) is 1.48. The van der Waals surface area contributed by atoms with Crippen molar-refractivity contribution in [3.05, 3.63) is 35.9 Å². The molecule has 3 rings (SSSR count). The van der Waals surface area contributed by atoms with Gasteiger partial charge in [0.2, 0.25) is 0 Å². The minimum Gasteiger partial charge on any atom is -0.315 e. The van der Waals surface area contributed by atoms with Gasteiger partial charge in [0.1, 0.15) is 0 Å². The van der Waals surface area contributed by atoms with Crippen LogP contribution in [0.4, 0.5) is 0 Å². The van der Waals surface area contributed by atoms with E-state index in [2.05, 4.69) is 47.5 Å². The highest BCUT2D eigenvalue weighted by Crippen LogP contribution is 2.40. The summed E-state index contributed by atoms with van der Waals surface area (Å²) in [6.45, 7) is 6.97. The van der Waals surface area contributed by atoms with Crippen molar-refractivity contribution in [3.63, 3.8) is 0 Å². The molecule has 1 N–H and O–H groups in total. The molecule has 1 aliphatic heterocycles. The average Bonchev–Trinajstić information content (AvgIpc) is 3.02. The quantitative estimate of drug-likeness (QED) is 0.873. The molecule has 0 aromatic heterocycles. The van der Waals surface area contributed by atoms with Gasteiger partial charge < -0.3 is 5.32 Å². The molecule has 1 aromatic carbocycles. The molecule has 0 radical (unpaired) electrons. The maximum Gasteiger partial charge on any atom is 0.0472 e. The van der Waals surface area contributed by atoms with Crippen molar-refractivity contribution < 1.29 is 0 Å². The fraction of sp³-hybridized carbons (Fsp3) is 0.647. The maximum absolute atomic E-state index is 3.55. The zero-order valence-electron chi connectivity index (χ0n) is 12.0. The Kier molecular flexibility index (Phi) is 4.19. The molecule has 1 aliphatic carbocycles. The molecule has 2 fully saturated rings. The van der Waals surface area contributed by atoms with Gasteiger partial charge in [0.25, 0.3) is 0 Å². The van der Waals surface area contributed by atoms with Crippen molar-refractivity contribution >= 4 is 0 Å². The number of likely N-dealkylation sites (N-methyl/N-ethyl adjacent to an activating group) is 1. The molecule has 1 heterocycles. The molecule has 3 atom stereocenters. The summed E-state index contributed by atoms with van der Waals surface area (Å²) in [6.07, 6.45) is 4.39. The third-order valence-electron chi connectivity index (χ3n) is 4.97. The Labute approximate surface area is 117 Å². The molecular weight excluding hydrogens is 232 g/mol. The molecule has 2 nitrogen and oxygen atoms in total. The van der Waals surface area contributed by atoms with Gasteiger partial charge in [-0.25, -0.2) is 0 Å². The van der Waals surface area contributed by atoms with Gasteiger partial charge in [-0.1, -0.05) is 43.7 Å². The lowest BCUT2D eigenvalue weighted by atomic mass is 10.0. The highest BCUT2D eigenvalue weighted by atomic mass is 15.2. The molecule has 19 heavy (non-hydrogen) atoms. The second-order valence-electron chi connectivity index (χ2n) is 6.14. The van der Waals surface area contributed by atoms with Crippen LogP contribution in [0.1, 0.15) is 37.8 Å². The van der Waals surface area contributed by atoms with E-state index < -0.39 is 0 Å². The van der Waals surface area contributed by atoms with Crippen LogP contribution in [0.2, 0.25) is 0 Å². The first-order valence-corrected chi connectivity index (χ1v) is 7.88. The minimum absolute atomic E-state index is 0.562. The lowest BCUT2D eigenvalue weighted by Gasteiger charge is -2.29. The number of nitrogens with one attached hydrogen (secondary N) is 1. The van der Waals surface area contributed by atoms with Crippen LogP contribution < -0.4 is 5.32 Å². The predicted molar refractivity (Wildman–Crippen MR) is 80.1 cm³/mol. The average molecular weight is 258 g/mol. The first-order chi connectivity index (χ1) is 9.38. The van der Waals surface area contributed by atoms with Crippen LogP contribution in [-0.2, 0) is 0 Å². The number of benzene rings is 1. The van der Waals surface area contributed by atoms with E-state index in [0.717, 1.165) is 24.9 Å². The Balaban J connectivity index is 1.72. The van der Waals surface area contributed by atoms with Gasteiger partial charge in [0, 0.05) is 25.7 Å². The van der Waals surface area contributed by atoms with Gasteiger partial charge >= 0.3 is 0 Å². The third-order valence-corrected chi connectivity index (χ3v) is 4.97. The number of likely N-dealkylation sites (tertiary alicyclic amines) is 1. The van der Waals surface area contributed by atoms with E-state index in [1.165, 1.54) is 37.9 Å². The Morgan fingerprint density at radius 3 is 2.47 bits per heavy atom. The molecule has 3 unspecified atom stereocenters. The van der Waals surface area contributed by atoms with E-state index in [1.54, 1.807) is 0 Å². The van der Waals surface area contributed by atoms with Crippen molar-refractivity contribution in [2.45, 2.75) is 32.2 Å². The van der Waals surface area contributed by atoms with Crippen molar-refractivity contribution in [2.24, 2.45) is 11.8 Å². The summed E-state index contributed by atoms with van der Waals surface area (Å²) in [5, 5.41) is 3.55. The second kappa shape index (κ2) is 6.06. The minimum atomic E-state index is 0.562. The highest BCUT2D eigenvalue weighted by Gasteiger charge is 2.38. The van der Waals surface area contributed by atoms with Crippen molar-refractivity contribution in [2.75, 3.05) is 26.2 Å². The monoisotopic (exact) mass is 258 g/mol. The molecule has 0 amide bonds. The Morgan fingerprint density at radius 2 is 1.84 bits per heavy atom. The lowest BCUT2D eigenvalue weighted by molar-refractivity contribution is 0.221. The maximum atomic E-state index is 3.55. The summed E-state index contributed by atoms with van der Waals surface area (Å²) >= 11 is 0. The van der Waals surface area contributed by atoms with Gasteiger partial charge in [-0.15, -0.1) is 0 Å². The topological polar surface area (TPSA) is 15.3 Å². The van der Waals surface area contributed by atoms with Gasteiger partial charge in [-0.2, -0.15) is 0 Å². The number of hydrogen-bond donors (Lipinski definition) is 1. The Hall–Kier alpha value is -0.860. The molecular formula is C17H26N2. The number of nitrogens with zero attached hydrogens (tertiary/aromatic N) is 1. The van der Waals surface area contributed by atoms with E-state index in [-0.39, 0.29) is 0 Å². The third kappa shape index (κ3) is 2.85. The molecule has 2 aliphatic rings. The molecule has 1 aromatic rings. The predicted octanol–water partition coefficient (Wildman–Crippen LogP) is 3.07. The Bertz CT molecular complexity index is 378. The van der Waals surface area contributed by atoms with Crippen LogP contribution in [0.3, 0.4) is 0 Å². The molecule has 0 spiro atoms. The van der Waals surface area contributed by atoms with E-state index >= 15 is 0 Å². The fourth-order valence-electron chi connectivity index (χ4n) is 3.94. The molecule has 2 heteroatoms. The van der Waals surface area contributed by atoms with E-state index in [0.29, 0.717) is 6.04 Å². The first-order valence-electron chi connectivity index (χ1n) is 7.88. The highest BCUT2D eigenvalue weighted by molar-refractivity contribution is 5.20. The molecule has 1 saturated carbocycles. The Morgan fingerprint density at radius 1 is 1.16 bits per heavy atom. The molecule has 0 bridgehead atoms. The first kappa shape index (κ1) is 13.1. The summed E-state index contributed by atoms with van der Waals surface area (Å²) in [6, 6.07) is 11.6. The van der Waals surface area contributed by atoms with Crippen molar-refractivity contribution in [3.8, 4) is 0 Å². The molecule has 1 saturated heterocycles. The zero-order chi connectivity index (χ0) is 13.1. The van der Waals surface area contributed by atoms with Gasteiger partial charge in [-0.3, -0.25) is 4.90 Å². The SMILES string of the molecule is CCNCC(c1ccccc1)N1CC2CCCC2C1. The molecule has 104 valence electrons. The van der Waals surface area contributed by atoms with Gasteiger partial charge in [0.05, 0.1) is 0 Å².